The highest BCUT2D eigenvalue weighted by Gasteiger charge is 2.40. The Morgan fingerprint density at radius 1 is 1.52 bits per heavy atom. The molecule has 2 rings (SSSR count). The van der Waals surface area contributed by atoms with Gasteiger partial charge in [-0.05, 0) is 37.0 Å². The molecule has 1 aromatic carbocycles. The highest BCUT2D eigenvalue weighted by molar-refractivity contribution is 9.10. The van der Waals surface area contributed by atoms with Crippen molar-refractivity contribution in [3.05, 3.63) is 34.3 Å². The highest BCUT2D eigenvalue weighted by atomic mass is 79.9. The van der Waals surface area contributed by atoms with Gasteiger partial charge in [0, 0.05) is 18.1 Å². The smallest absolute Gasteiger partial charge is 0.223 e. The number of methoxy groups -OCH3 is 1. The summed E-state index contributed by atoms with van der Waals surface area (Å²) < 4.78 is 6.20. The van der Waals surface area contributed by atoms with Gasteiger partial charge in [-0.15, -0.1) is 12.4 Å². The standard InChI is InChI=1S/C15H21BrN2O2.ClH/c1-20-13(10-17)9-14(19)18-15(6-3-7-15)11-4-2-5-12(16)8-11;/h2,4-5,8,13H,3,6-7,9-10,17H2,1H3,(H,18,19);1H. The van der Waals surface area contributed by atoms with Crippen LogP contribution in [0, 0.1) is 0 Å². The van der Waals surface area contributed by atoms with Gasteiger partial charge in [0.05, 0.1) is 18.1 Å². The highest BCUT2D eigenvalue weighted by Crippen LogP contribution is 2.42. The van der Waals surface area contributed by atoms with Crippen LogP contribution in [-0.2, 0) is 15.1 Å². The molecule has 6 heteroatoms. The van der Waals surface area contributed by atoms with Crippen molar-refractivity contribution >= 4 is 34.2 Å². The van der Waals surface area contributed by atoms with Crippen LogP contribution in [0.15, 0.2) is 28.7 Å². The molecule has 1 amide bonds. The molecule has 0 saturated heterocycles. The van der Waals surface area contributed by atoms with Crippen molar-refractivity contribution < 1.29 is 9.53 Å². The molecule has 0 radical (unpaired) electrons. The van der Waals surface area contributed by atoms with E-state index >= 15 is 0 Å². The summed E-state index contributed by atoms with van der Waals surface area (Å²) >= 11 is 3.49. The van der Waals surface area contributed by atoms with E-state index in [2.05, 4.69) is 33.4 Å². The third-order valence-corrected chi connectivity index (χ3v) is 4.47. The Labute approximate surface area is 140 Å². The maximum Gasteiger partial charge on any atom is 0.223 e. The Kier molecular flexibility index (Phi) is 7.13. The Balaban J connectivity index is 0.00000220. The van der Waals surface area contributed by atoms with Gasteiger partial charge in [-0.2, -0.15) is 0 Å². The van der Waals surface area contributed by atoms with Crippen molar-refractivity contribution in [1.29, 1.82) is 0 Å². The molecular weight excluding hydrogens is 356 g/mol. The minimum Gasteiger partial charge on any atom is -0.380 e. The molecule has 0 aliphatic heterocycles. The molecule has 1 aromatic rings. The number of ether oxygens (including phenoxy) is 1. The first-order valence-electron chi connectivity index (χ1n) is 6.89. The Bertz CT molecular complexity index is 476. The normalized spacial score (nSPS) is 17.3. The van der Waals surface area contributed by atoms with Crippen molar-refractivity contribution in [1.82, 2.24) is 5.32 Å². The first-order valence-corrected chi connectivity index (χ1v) is 7.69. The Hall–Kier alpha value is -0.620. The van der Waals surface area contributed by atoms with E-state index in [1.807, 2.05) is 12.1 Å². The maximum absolute atomic E-state index is 12.2. The number of halogens is 2. The number of hydrogen-bond acceptors (Lipinski definition) is 3. The zero-order valence-electron chi connectivity index (χ0n) is 12.1. The second-order valence-corrected chi connectivity index (χ2v) is 6.21. The summed E-state index contributed by atoms with van der Waals surface area (Å²) in [6, 6.07) is 8.15. The van der Waals surface area contributed by atoms with Gasteiger partial charge in [0.1, 0.15) is 0 Å². The summed E-state index contributed by atoms with van der Waals surface area (Å²) in [7, 11) is 1.58. The third-order valence-electron chi connectivity index (χ3n) is 3.97. The molecule has 4 nitrogen and oxygen atoms in total. The Morgan fingerprint density at radius 2 is 2.24 bits per heavy atom. The average molecular weight is 378 g/mol. The van der Waals surface area contributed by atoms with Crippen LogP contribution in [0.25, 0.3) is 0 Å². The molecule has 118 valence electrons. The first-order chi connectivity index (χ1) is 9.59. The molecule has 0 bridgehead atoms. The summed E-state index contributed by atoms with van der Waals surface area (Å²) in [5, 5.41) is 3.18. The lowest BCUT2D eigenvalue weighted by atomic mass is 9.71. The predicted octanol–water partition coefficient (Wildman–Crippen LogP) is 2.73. The summed E-state index contributed by atoms with van der Waals surface area (Å²) in [6.45, 7) is 0.355. The number of hydrogen-bond donors (Lipinski definition) is 2. The fourth-order valence-corrected chi connectivity index (χ4v) is 2.99. The number of rotatable bonds is 6. The van der Waals surface area contributed by atoms with E-state index in [0.717, 1.165) is 29.3 Å². The molecule has 1 aliphatic rings. The number of carbonyl (C=O) groups is 1. The van der Waals surface area contributed by atoms with Crippen molar-refractivity contribution in [2.45, 2.75) is 37.3 Å². The SMILES string of the molecule is COC(CN)CC(=O)NC1(c2cccc(Br)c2)CCC1.Cl. The lowest BCUT2D eigenvalue weighted by Gasteiger charge is -2.43. The van der Waals surface area contributed by atoms with Crippen molar-refractivity contribution in [2.75, 3.05) is 13.7 Å². The minimum atomic E-state index is -0.215. The minimum absolute atomic E-state index is 0. The molecule has 1 aliphatic carbocycles. The molecule has 1 unspecified atom stereocenters. The number of nitrogens with two attached hydrogens (primary N) is 1. The molecule has 0 heterocycles. The van der Waals surface area contributed by atoms with E-state index in [-0.39, 0.29) is 30.0 Å². The van der Waals surface area contributed by atoms with Crippen LogP contribution in [-0.4, -0.2) is 25.7 Å². The van der Waals surface area contributed by atoms with Gasteiger partial charge in [-0.25, -0.2) is 0 Å². The van der Waals surface area contributed by atoms with Crippen LogP contribution in [0.5, 0.6) is 0 Å². The summed E-state index contributed by atoms with van der Waals surface area (Å²) in [5.74, 6) is 0.00183. The van der Waals surface area contributed by atoms with Gasteiger partial charge in [0.15, 0.2) is 0 Å². The lowest BCUT2D eigenvalue weighted by Crippen LogP contribution is -2.51. The van der Waals surface area contributed by atoms with E-state index in [0.29, 0.717) is 13.0 Å². The number of nitrogens with one attached hydrogen (secondary N) is 1. The molecule has 21 heavy (non-hydrogen) atoms. The predicted molar refractivity (Wildman–Crippen MR) is 89.5 cm³/mol. The van der Waals surface area contributed by atoms with E-state index in [4.69, 9.17) is 10.5 Å². The van der Waals surface area contributed by atoms with Gasteiger partial charge in [0.25, 0.3) is 0 Å². The molecule has 1 saturated carbocycles. The topological polar surface area (TPSA) is 64.3 Å². The summed E-state index contributed by atoms with van der Waals surface area (Å²) in [6.07, 6.45) is 3.19. The number of amides is 1. The van der Waals surface area contributed by atoms with Gasteiger partial charge in [0.2, 0.25) is 5.91 Å². The molecule has 0 aromatic heterocycles. The van der Waals surface area contributed by atoms with E-state index < -0.39 is 0 Å². The molecule has 1 fully saturated rings. The zero-order valence-corrected chi connectivity index (χ0v) is 14.5. The van der Waals surface area contributed by atoms with E-state index in [9.17, 15) is 4.79 Å². The fourth-order valence-electron chi connectivity index (χ4n) is 2.59. The molecule has 1 atom stereocenters. The average Bonchev–Trinajstić information content (AvgIpc) is 2.40. The van der Waals surface area contributed by atoms with Gasteiger partial charge >= 0.3 is 0 Å². The quantitative estimate of drug-likeness (QED) is 0.801. The molecule has 0 spiro atoms. The van der Waals surface area contributed by atoms with E-state index in [1.165, 1.54) is 0 Å². The van der Waals surface area contributed by atoms with Gasteiger partial charge in [-0.1, -0.05) is 28.1 Å². The second-order valence-electron chi connectivity index (χ2n) is 5.29. The molecular formula is C15H22BrClN2O2. The van der Waals surface area contributed by atoms with Crippen LogP contribution in [0.3, 0.4) is 0 Å². The summed E-state index contributed by atoms with van der Waals surface area (Å²) in [4.78, 5) is 12.2. The number of benzene rings is 1. The van der Waals surface area contributed by atoms with Crippen LogP contribution in [0.1, 0.15) is 31.2 Å². The zero-order chi connectivity index (χ0) is 14.6. The summed E-state index contributed by atoms with van der Waals surface area (Å²) in [5.41, 5.74) is 6.51. The van der Waals surface area contributed by atoms with Gasteiger partial charge < -0.3 is 15.8 Å². The first kappa shape index (κ1) is 18.4. The molecule has 3 N–H and O–H groups in total. The second kappa shape index (κ2) is 8.13. The van der Waals surface area contributed by atoms with Crippen LogP contribution in [0.2, 0.25) is 0 Å². The number of carbonyl (C=O) groups excluding carboxylic acids is 1. The fraction of sp³-hybridized carbons (Fsp3) is 0.533. The van der Waals surface area contributed by atoms with Gasteiger partial charge in [-0.3, -0.25) is 4.79 Å². The van der Waals surface area contributed by atoms with Crippen molar-refractivity contribution in [2.24, 2.45) is 5.73 Å². The monoisotopic (exact) mass is 376 g/mol. The van der Waals surface area contributed by atoms with Crippen LogP contribution < -0.4 is 11.1 Å². The third kappa shape index (κ3) is 4.42. The Morgan fingerprint density at radius 3 is 2.71 bits per heavy atom. The van der Waals surface area contributed by atoms with Crippen molar-refractivity contribution in [3.8, 4) is 0 Å². The largest absolute Gasteiger partial charge is 0.380 e. The van der Waals surface area contributed by atoms with E-state index in [1.54, 1.807) is 7.11 Å². The van der Waals surface area contributed by atoms with Crippen LogP contribution >= 0.6 is 28.3 Å². The van der Waals surface area contributed by atoms with Crippen molar-refractivity contribution in [3.63, 3.8) is 0 Å². The van der Waals surface area contributed by atoms with Crippen LogP contribution in [0.4, 0.5) is 0 Å². The lowest BCUT2D eigenvalue weighted by molar-refractivity contribution is -0.126. The maximum atomic E-state index is 12.2.